The number of hydrogen-bond acceptors (Lipinski definition) is 3. The zero-order valence-electron chi connectivity index (χ0n) is 15.3. The van der Waals surface area contributed by atoms with Crippen LogP contribution in [0.5, 0.6) is 0 Å². The van der Waals surface area contributed by atoms with Gasteiger partial charge in [0.15, 0.2) is 0 Å². The number of carbonyl (C=O) groups excluding carboxylic acids is 1. The van der Waals surface area contributed by atoms with Crippen LogP contribution in [-0.2, 0) is 9.31 Å². The van der Waals surface area contributed by atoms with E-state index in [2.05, 4.69) is 5.32 Å². The summed E-state index contributed by atoms with van der Waals surface area (Å²) in [6.07, 6.45) is 0. The van der Waals surface area contributed by atoms with Crippen LogP contribution in [0, 0.1) is 5.82 Å². The van der Waals surface area contributed by atoms with Gasteiger partial charge >= 0.3 is 13.1 Å². The van der Waals surface area contributed by atoms with E-state index in [0.29, 0.717) is 18.6 Å². The van der Waals surface area contributed by atoms with Crippen molar-refractivity contribution in [3.8, 4) is 0 Å². The number of rotatable bonds is 4. The van der Waals surface area contributed by atoms with E-state index in [0.717, 1.165) is 0 Å². The summed E-state index contributed by atoms with van der Waals surface area (Å²) >= 11 is 0. The average Bonchev–Trinajstić information content (AvgIpc) is 2.71. The number of hydrogen-bond donors (Lipinski definition) is 1. The van der Waals surface area contributed by atoms with E-state index in [9.17, 15) is 9.18 Å². The lowest BCUT2D eigenvalue weighted by atomic mass is 9.79. The second-order valence-corrected chi connectivity index (χ2v) is 6.93. The number of urea groups is 1. The Morgan fingerprint density at radius 2 is 1.71 bits per heavy atom. The van der Waals surface area contributed by atoms with E-state index in [-0.39, 0.29) is 11.7 Å². The van der Waals surface area contributed by atoms with E-state index in [4.69, 9.17) is 9.31 Å². The molecule has 1 N–H and O–H groups in total. The van der Waals surface area contributed by atoms with Crippen LogP contribution in [-0.4, -0.2) is 42.3 Å². The minimum Gasteiger partial charge on any atom is -0.399 e. The summed E-state index contributed by atoms with van der Waals surface area (Å²) in [7, 11) is -0.628. The average molecular weight is 336 g/mol. The third kappa shape index (κ3) is 3.57. The zero-order chi connectivity index (χ0) is 18.1. The maximum Gasteiger partial charge on any atom is 0.494 e. The lowest BCUT2D eigenvalue weighted by molar-refractivity contribution is 0.00578. The highest BCUT2D eigenvalue weighted by Gasteiger charge is 2.51. The van der Waals surface area contributed by atoms with Gasteiger partial charge in [0.25, 0.3) is 0 Å². The van der Waals surface area contributed by atoms with Gasteiger partial charge < -0.3 is 19.5 Å². The van der Waals surface area contributed by atoms with Crippen LogP contribution in [0.1, 0.15) is 41.5 Å². The molecule has 24 heavy (non-hydrogen) atoms. The predicted octanol–water partition coefficient (Wildman–Crippen LogP) is 3.00. The lowest BCUT2D eigenvalue weighted by Gasteiger charge is -2.32. The fraction of sp³-hybridized carbons (Fsp3) is 0.588. The molecule has 2 amide bonds. The van der Waals surface area contributed by atoms with Gasteiger partial charge in [0.2, 0.25) is 0 Å². The number of nitrogens with zero attached hydrogens (tertiary/aromatic N) is 1. The molecule has 0 atom stereocenters. The van der Waals surface area contributed by atoms with Crippen LogP contribution in [0.25, 0.3) is 0 Å². The number of benzene rings is 1. The van der Waals surface area contributed by atoms with Gasteiger partial charge in [0, 0.05) is 13.1 Å². The number of nitrogens with one attached hydrogen (secondary N) is 1. The molecule has 132 valence electrons. The molecule has 0 bridgehead atoms. The van der Waals surface area contributed by atoms with Crippen molar-refractivity contribution in [1.82, 2.24) is 4.90 Å². The van der Waals surface area contributed by atoms with Gasteiger partial charge in [-0.3, -0.25) is 0 Å². The van der Waals surface area contributed by atoms with Crippen molar-refractivity contribution in [3.05, 3.63) is 24.0 Å². The maximum absolute atomic E-state index is 14.4. The van der Waals surface area contributed by atoms with Crippen LogP contribution in [0.3, 0.4) is 0 Å². The summed E-state index contributed by atoms with van der Waals surface area (Å²) in [5.74, 6) is -0.511. The normalized spacial score (nSPS) is 18.5. The van der Waals surface area contributed by atoms with Crippen molar-refractivity contribution in [2.75, 3.05) is 18.4 Å². The van der Waals surface area contributed by atoms with Crippen molar-refractivity contribution in [2.45, 2.75) is 52.7 Å². The Bertz CT molecular complexity index is 602. The summed E-state index contributed by atoms with van der Waals surface area (Å²) < 4.78 is 26.2. The molecule has 1 fully saturated rings. The molecular formula is C17H26BFN2O3. The summed E-state index contributed by atoms with van der Waals surface area (Å²) in [5, 5.41) is 2.59. The molecule has 7 heteroatoms. The zero-order valence-corrected chi connectivity index (χ0v) is 15.3. The molecule has 5 nitrogen and oxygen atoms in total. The minimum atomic E-state index is -0.628. The number of anilines is 1. The predicted molar refractivity (Wildman–Crippen MR) is 94.1 cm³/mol. The minimum absolute atomic E-state index is 0.146. The molecule has 0 radical (unpaired) electrons. The number of halogens is 1. The van der Waals surface area contributed by atoms with E-state index >= 15 is 0 Å². The highest BCUT2D eigenvalue weighted by atomic mass is 19.1. The highest BCUT2D eigenvalue weighted by molar-refractivity contribution is 6.62. The first kappa shape index (κ1) is 18.7. The monoisotopic (exact) mass is 336 g/mol. The van der Waals surface area contributed by atoms with Crippen LogP contribution < -0.4 is 10.8 Å². The second kappa shape index (κ2) is 6.72. The van der Waals surface area contributed by atoms with Crippen LogP contribution in [0.4, 0.5) is 14.9 Å². The van der Waals surface area contributed by atoms with Crippen molar-refractivity contribution in [1.29, 1.82) is 0 Å². The molecule has 1 heterocycles. The molecule has 0 unspecified atom stereocenters. The Labute approximate surface area is 143 Å². The molecule has 0 spiro atoms. The van der Waals surface area contributed by atoms with Crippen LogP contribution in [0.15, 0.2) is 18.2 Å². The van der Waals surface area contributed by atoms with E-state index in [1.807, 2.05) is 41.5 Å². The maximum atomic E-state index is 14.4. The molecule has 0 aromatic heterocycles. The Morgan fingerprint density at radius 3 is 2.17 bits per heavy atom. The van der Waals surface area contributed by atoms with E-state index in [1.165, 1.54) is 12.1 Å². The lowest BCUT2D eigenvalue weighted by Crippen LogP contribution is -2.41. The van der Waals surface area contributed by atoms with Crippen LogP contribution in [0.2, 0.25) is 0 Å². The third-order valence-corrected chi connectivity index (χ3v) is 4.81. The Morgan fingerprint density at radius 1 is 1.17 bits per heavy atom. The van der Waals surface area contributed by atoms with Gasteiger partial charge in [-0.05, 0) is 59.1 Å². The van der Waals surface area contributed by atoms with Crippen molar-refractivity contribution in [3.63, 3.8) is 0 Å². The fourth-order valence-corrected chi connectivity index (χ4v) is 2.46. The number of carbonyl (C=O) groups is 1. The third-order valence-electron chi connectivity index (χ3n) is 4.81. The molecule has 0 aliphatic carbocycles. The molecule has 1 aliphatic rings. The smallest absolute Gasteiger partial charge is 0.399 e. The SMILES string of the molecule is CCN(CC)C(=O)Nc1ccc(B2OC(C)(C)C(C)(C)O2)cc1F. The van der Waals surface area contributed by atoms with Gasteiger partial charge in [-0.25, -0.2) is 9.18 Å². The Balaban J connectivity index is 2.15. The van der Waals surface area contributed by atoms with Gasteiger partial charge in [-0.1, -0.05) is 6.07 Å². The molecule has 0 saturated carbocycles. The first-order valence-electron chi connectivity index (χ1n) is 8.32. The quantitative estimate of drug-likeness (QED) is 0.860. The van der Waals surface area contributed by atoms with Crippen molar-refractivity contribution >= 4 is 24.3 Å². The molecular weight excluding hydrogens is 310 g/mol. The molecule has 1 aromatic rings. The van der Waals surface area contributed by atoms with Gasteiger partial charge in [-0.2, -0.15) is 0 Å². The Kier molecular flexibility index (Phi) is 5.25. The molecule has 1 aromatic carbocycles. The first-order valence-corrected chi connectivity index (χ1v) is 8.32. The van der Waals surface area contributed by atoms with Crippen molar-refractivity contribution in [2.24, 2.45) is 0 Å². The fourth-order valence-electron chi connectivity index (χ4n) is 2.46. The van der Waals surface area contributed by atoms with E-state index < -0.39 is 24.1 Å². The summed E-state index contributed by atoms with van der Waals surface area (Å²) in [5.41, 5.74) is -0.229. The van der Waals surface area contributed by atoms with Gasteiger partial charge in [-0.15, -0.1) is 0 Å². The highest BCUT2D eigenvalue weighted by Crippen LogP contribution is 2.36. The van der Waals surface area contributed by atoms with E-state index in [1.54, 1.807) is 11.0 Å². The largest absolute Gasteiger partial charge is 0.494 e. The summed E-state index contributed by atoms with van der Waals surface area (Å²) in [6, 6.07) is 4.28. The van der Waals surface area contributed by atoms with Gasteiger partial charge in [0.1, 0.15) is 5.82 Å². The summed E-state index contributed by atoms with van der Waals surface area (Å²) in [4.78, 5) is 13.6. The molecule has 1 saturated heterocycles. The molecule has 1 aliphatic heterocycles. The van der Waals surface area contributed by atoms with Crippen LogP contribution >= 0.6 is 0 Å². The second-order valence-electron chi connectivity index (χ2n) is 6.93. The Hall–Kier alpha value is -1.60. The topological polar surface area (TPSA) is 50.8 Å². The summed E-state index contributed by atoms with van der Waals surface area (Å²) in [6.45, 7) is 12.7. The first-order chi connectivity index (χ1) is 11.1. The van der Waals surface area contributed by atoms with Gasteiger partial charge in [0.05, 0.1) is 16.9 Å². The molecule has 2 rings (SSSR count). The standard InChI is InChI=1S/C17H26BFN2O3/c1-7-21(8-2)15(22)20-14-10-9-12(11-13(14)19)18-23-16(3,4)17(5,6)24-18/h9-11H,7-8H2,1-6H3,(H,20,22). The number of amides is 2. The van der Waals surface area contributed by atoms with Crippen molar-refractivity contribution < 1.29 is 18.5 Å².